The highest BCUT2D eigenvalue weighted by atomic mass is 28.3. The van der Waals surface area contributed by atoms with E-state index in [0.717, 1.165) is 0 Å². The van der Waals surface area contributed by atoms with Crippen LogP contribution in [0.4, 0.5) is 0 Å². The van der Waals surface area contributed by atoms with E-state index in [-0.39, 0.29) is 0 Å². The Morgan fingerprint density at radius 3 is 1.81 bits per heavy atom. The molecule has 0 N–H and O–H groups in total. The molecule has 0 saturated carbocycles. The van der Waals surface area contributed by atoms with Crippen molar-refractivity contribution in [3.8, 4) is 0 Å². The van der Waals surface area contributed by atoms with Gasteiger partial charge in [-0.3, -0.25) is 0 Å². The third kappa shape index (κ3) is 3.93. The number of unbranched alkanes of at least 4 members (excludes halogenated alkanes) is 1. The van der Waals surface area contributed by atoms with Crippen molar-refractivity contribution in [1.82, 2.24) is 0 Å². The smallest absolute Gasteiger partial charge is 0.0654 e. The zero-order valence-electron chi connectivity index (χ0n) is 16.8. The molecule has 0 nitrogen and oxygen atoms in total. The maximum Gasteiger partial charge on any atom is 0.104 e. The molecule has 0 amide bonds. The van der Waals surface area contributed by atoms with Crippen LogP contribution in [0.2, 0.25) is 6.04 Å². The molecule has 0 aromatic heterocycles. The predicted molar refractivity (Wildman–Crippen MR) is 118 cm³/mol. The zero-order chi connectivity index (χ0) is 18.5. The van der Waals surface area contributed by atoms with Crippen LogP contribution < -0.4 is 10.4 Å². The van der Waals surface area contributed by atoms with Gasteiger partial charge in [0, 0.05) is 0 Å². The Morgan fingerprint density at radius 2 is 1.31 bits per heavy atom. The lowest BCUT2D eigenvalue weighted by atomic mass is 9.93. The number of hydrogen-bond acceptors (Lipinski definition) is 0. The van der Waals surface area contributed by atoms with Gasteiger partial charge in [0.25, 0.3) is 0 Å². The highest BCUT2D eigenvalue weighted by Crippen LogP contribution is 2.42. The molecular weight excluding hydrogens is 328 g/mol. The molecule has 2 aromatic rings. The van der Waals surface area contributed by atoms with Gasteiger partial charge < -0.3 is 0 Å². The van der Waals surface area contributed by atoms with Gasteiger partial charge in [0.05, 0.1) is 0 Å². The van der Waals surface area contributed by atoms with Crippen molar-refractivity contribution in [1.29, 1.82) is 0 Å². The molecule has 26 heavy (non-hydrogen) atoms. The van der Waals surface area contributed by atoms with Crippen molar-refractivity contribution < 1.29 is 0 Å². The van der Waals surface area contributed by atoms with Gasteiger partial charge in [-0.2, -0.15) is 0 Å². The molecule has 0 radical (unpaired) electrons. The van der Waals surface area contributed by atoms with Crippen LogP contribution in [0.5, 0.6) is 0 Å². The first-order valence-corrected chi connectivity index (χ1v) is 12.1. The predicted octanol–water partition coefficient (Wildman–Crippen LogP) is 5.50. The first-order valence-electron chi connectivity index (χ1n) is 10.1. The maximum atomic E-state index is 2.38. The lowest BCUT2D eigenvalue weighted by Crippen LogP contribution is -2.43. The molecule has 1 aliphatic carbocycles. The van der Waals surface area contributed by atoms with Crippen LogP contribution in [0.15, 0.2) is 83.0 Å². The van der Waals surface area contributed by atoms with E-state index in [1.54, 1.807) is 32.7 Å². The van der Waals surface area contributed by atoms with E-state index in [4.69, 9.17) is 0 Å². The zero-order valence-corrected chi connectivity index (χ0v) is 17.9. The lowest BCUT2D eigenvalue weighted by molar-refractivity contribution is 0.696. The lowest BCUT2D eigenvalue weighted by Gasteiger charge is -2.24. The van der Waals surface area contributed by atoms with Crippen molar-refractivity contribution >= 4 is 19.2 Å². The van der Waals surface area contributed by atoms with Crippen molar-refractivity contribution in [3.63, 3.8) is 0 Å². The first-order chi connectivity index (χ1) is 12.6. The van der Waals surface area contributed by atoms with Gasteiger partial charge in [-0.05, 0) is 56.7 Å². The molecule has 3 rings (SSSR count). The minimum atomic E-state index is -1.24. The van der Waals surface area contributed by atoms with Crippen LogP contribution in [-0.4, -0.2) is 8.80 Å². The number of benzene rings is 2. The van der Waals surface area contributed by atoms with Gasteiger partial charge in [-0.15, -0.1) is 0 Å². The summed E-state index contributed by atoms with van der Waals surface area (Å²) in [5.74, 6) is 0.652. The molecular formula is C25H32Si. The summed E-state index contributed by atoms with van der Waals surface area (Å²) in [6, 6.07) is 23.8. The van der Waals surface area contributed by atoms with Crippen molar-refractivity contribution in [2.24, 2.45) is 5.92 Å². The van der Waals surface area contributed by atoms with Gasteiger partial charge in [0.15, 0.2) is 0 Å². The Hall–Kier alpha value is -1.86. The van der Waals surface area contributed by atoms with Gasteiger partial charge in [0.2, 0.25) is 0 Å². The van der Waals surface area contributed by atoms with E-state index in [1.807, 2.05) is 0 Å². The summed E-state index contributed by atoms with van der Waals surface area (Å²) in [7, 11) is -1.24. The quantitative estimate of drug-likeness (QED) is 0.572. The van der Waals surface area contributed by atoms with Gasteiger partial charge >= 0.3 is 0 Å². The molecule has 0 saturated heterocycles. The Balaban J connectivity index is 1.96. The number of allylic oxidation sites excluding steroid dienone is 4. The standard InChI is InChI=1S/C25H32Si/c1-5-6-17-24-20(3)19(2)21(4)25(24)18-26(22-13-9-7-10-14-22)23-15-11-8-12-16-23/h7-16,25-26H,5-6,17-18H2,1-4H3. The molecule has 1 unspecified atom stereocenters. The van der Waals surface area contributed by atoms with Gasteiger partial charge in [-0.25, -0.2) is 0 Å². The van der Waals surface area contributed by atoms with Crippen LogP contribution in [0.25, 0.3) is 0 Å². The molecule has 136 valence electrons. The fraction of sp³-hybridized carbons (Fsp3) is 0.360. The summed E-state index contributed by atoms with van der Waals surface area (Å²) in [6.07, 6.45) is 3.86. The Bertz CT molecular complexity index is 744. The molecule has 1 atom stereocenters. The molecule has 2 aromatic carbocycles. The normalized spacial score (nSPS) is 17.5. The molecule has 1 heteroatoms. The van der Waals surface area contributed by atoms with Crippen LogP contribution in [-0.2, 0) is 0 Å². The van der Waals surface area contributed by atoms with E-state index >= 15 is 0 Å². The second kappa shape index (κ2) is 8.68. The van der Waals surface area contributed by atoms with Crippen LogP contribution in [0.3, 0.4) is 0 Å². The fourth-order valence-electron chi connectivity index (χ4n) is 4.44. The van der Waals surface area contributed by atoms with Crippen molar-refractivity contribution in [2.45, 2.75) is 53.0 Å². The molecule has 1 aliphatic rings. The first kappa shape index (κ1) is 18.9. The minimum Gasteiger partial charge on any atom is -0.0654 e. The molecule has 0 aliphatic heterocycles. The van der Waals surface area contributed by atoms with Crippen LogP contribution in [0, 0.1) is 5.92 Å². The van der Waals surface area contributed by atoms with Crippen molar-refractivity contribution in [3.05, 3.63) is 83.0 Å². The van der Waals surface area contributed by atoms with E-state index in [0.29, 0.717) is 5.92 Å². The Kier molecular flexibility index (Phi) is 6.32. The van der Waals surface area contributed by atoms with Gasteiger partial charge in [0.1, 0.15) is 8.80 Å². The minimum absolute atomic E-state index is 0.652. The van der Waals surface area contributed by atoms with Gasteiger partial charge in [-0.1, -0.05) is 95.5 Å². The summed E-state index contributed by atoms with van der Waals surface area (Å²) in [5, 5.41) is 3.15. The van der Waals surface area contributed by atoms with Crippen molar-refractivity contribution in [2.75, 3.05) is 0 Å². The van der Waals surface area contributed by atoms with E-state index in [9.17, 15) is 0 Å². The summed E-state index contributed by atoms with van der Waals surface area (Å²) < 4.78 is 0. The average molecular weight is 361 g/mol. The molecule has 0 fully saturated rings. The SMILES string of the molecule is CCCCC1=C(C)C(C)=C(C)C1C[SiH](c1ccccc1)c1ccccc1. The molecule has 0 spiro atoms. The summed E-state index contributed by atoms with van der Waals surface area (Å²) in [4.78, 5) is 0. The van der Waals surface area contributed by atoms with E-state index in [2.05, 4.69) is 88.4 Å². The van der Waals surface area contributed by atoms with E-state index < -0.39 is 8.80 Å². The maximum absolute atomic E-state index is 2.38. The fourth-order valence-corrected chi connectivity index (χ4v) is 7.85. The van der Waals surface area contributed by atoms with Crippen LogP contribution in [0.1, 0.15) is 47.0 Å². The largest absolute Gasteiger partial charge is 0.104 e. The highest BCUT2D eigenvalue weighted by Gasteiger charge is 2.30. The van der Waals surface area contributed by atoms with E-state index in [1.165, 1.54) is 25.3 Å². The third-order valence-corrected chi connectivity index (χ3v) is 9.58. The number of hydrogen-bond donors (Lipinski definition) is 0. The topological polar surface area (TPSA) is 0 Å². The Morgan fingerprint density at radius 1 is 0.769 bits per heavy atom. The highest BCUT2D eigenvalue weighted by molar-refractivity contribution is 6.85. The second-order valence-corrected chi connectivity index (χ2v) is 10.6. The average Bonchev–Trinajstić information content (AvgIpc) is 2.89. The summed E-state index contributed by atoms with van der Waals surface area (Å²) in [6.45, 7) is 9.37. The monoisotopic (exact) mass is 360 g/mol. The molecule has 0 bridgehead atoms. The summed E-state index contributed by atoms with van der Waals surface area (Å²) >= 11 is 0. The number of rotatable bonds is 7. The Labute approximate surface area is 161 Å². The third-order valence-electron chi connectivity index (χ3n) is 6.25. The summed E-state index contributed by atoms with van der Waals surface area (Å²) in [5.41, 5.74) is 6.48. The molecule has 0 heterocycles. The second-order valence-electron chi connectivity index (χ2n) is 7.72. The van der Waals surface area contributed by atoms with Crippen LogP contribution >= 0.6 is 0 Å².